The van der Waals surface area contributed by atoms with Crippen LogP contribution >= 0.6 is 11.3 Å². The number of aryl methyl sites for hydroxylation is 1. The molecule has 2 N–H and O–H groups in total. The van der Waals surface area contributed by atoms with Crippen LogP contribution < -0.4 is 15.6 Å². The predicted octanol–water partition coefficient (Wildman–Crippen LogP) is 3.76. The molecule has 4 aromatic rings. The number of pyridine rings is 1. The summed E-state index contributed by atoms with van der Waals surface area (Å²) in [5, 5.41) is 0.628. The van der Waals surface area contributed by atoms with Crippen LogP contribution in [0.2, 0.25) is 0 Å². The summed E-state index contributed by atoms with van der Waals surface area (Å²) in [7, 11) is 0. The van der Waals surface area contributed by atoms with Crippen LogP contribution in [0.3, 0.4) is 0 Å². The molecule has 31 heavy (non-hydrogen) atoms. The van der Waals surface area contributed by atoms with Crippen LogP contribution in [0.1, 0.15) is 31.7 Å². The number of aromatic nitrogens is 2. The molecule has 0 unspecified atom stereocenters. The number of ether oxygens (including phenoxy) is 1. The lowest BCUT2D eigenvalue weighted by Crippen LogP contribution is -2.41. The topological polar surface area (TPSA) is 106 Å². The number of carbonyl (C=O) groups excluding carboxylic acids is 2. The molecule has 0 aliphatic rings. The summed E-state index contributed by atoms with van der Waals surface area (Å²) in [6.45, 7) is 1.91. The molecule has 0 atom stereocenters. The Morgan fingerprint density at radius 1 is 1.00 bits per heavy atom. The van der Waals surface area contributed by atoms with Gasteiger partial charge in [0.2, 0.25) is 0 Å². The van der Waals surface area contributed by atoms with Gasteiger partial charge in [0.25, 0.3) is 5.91 Å². The van der Waals surface area contributed by atoms with Crippen molar-refractivity contribution in [1.29, 1.82) is 0 Å². The first-order valence-corrected chi connectivity index (χ1v) is 10.2. The Bertz CT molecular complexity index is 1190. The predicted molar refractivity (Wildman–Crippen MR) is 114 cm³/mol. The molecule has 0 aliphatic heterocycles. The minimum Gasteiger partial charge on any atom is -0.486 e. The molecular formula is C22H18N4O4S. The first kappa shape index (κ1) is 20.3. The van der Waals surface area contributed by atoms with Gasteiger partial charge in [-0.05, 0) is 43.3 Å². The van der Waals surface area contributed by atoms with E-state index >= 15 is 0 Å². The Morgan fingerprint density at radius 2 is 1.77 bits per heavy atom. The van der Waals surface area contributed by atoms with Crippen LogP contribution in [0, 0.1) is 6.92 Å². The first-order valence-electron chi connectivity index (χ1n) is 9.36. The highest BCUT2D eigenvalue weighted by molar-refractivity contribution is 7.17. The maximum atomic E-state index is 12.5. The fourth-order valence-corrected chi connectivity index (χ4v) is 3.62. The Hall–Kier alpha value is -3.98. The number of rotatable bonds is 6. The molecule has 0 fully saturated rings. The summed E-state index contributed by atoms with van der Waals surface area (Å²) in [5.74, 6) is 0.194. The highest BCUT2D eigenvalue weighted by Gasteiger charge is 2.18. The molecule has 0 radical (unpaired) electrons. The molecule has 2 amide bonds. The molecule has 0 spiro atoms. The van der Waals surface area contributed by atoms with E-state index < -0.39 is 11.8 Å². The van der Waals surface area contributed by atoms with E-state index in [2.05, 4.69) is 20.8 Å². The van der Waals surface area contributed by atoms with Gasteiger partial charge in [-0.1, -0.05) is 24.3 Å². The molecule has 3 aromatic heterocycles. The van der Waals surface area contributed by atoms with Gasteiger partial charge in [0.05, 0.1) is 11.4 Å². The smallest absolute Gasteiger partial charge is 0.305 e. The van der Waals surface area contributed by atoms with Crippen molar-refractivity contribution in [3.05, 3.63) is 89.0 Å². The quantitative estimate of drug-likeness (QED) is 0.448. The fourth-order valence-electron chi connectivity index (χ4n) is 2.69. The molecule has 0 bridgehead atoms. The van der Waals surface area contributed by atoms with Crippen molar-refractivity contribution in [2.24, 2.45) is 0 Å². The summed E-state index contributed by atoms with van der Waals surface area (Å²) in [6, 6.07) is 17.9. The van der Waals surface area contributed by atoms with Gasteiger partial charge in [0.15, 0.2) is 5.76 Å². The number of thiazole rings is 1. The maximum Gasteiger partial charge on any atom is 0.305 e. The molecule has 8 nitrogen and oxygen atoms in total. The second kappa shape index (κ2) is 9.23. The van der Waals surface area contributed by atoms with Crippen LogP contribution in [0.4, 0.5) is 0 Å². The molecule has 156 valence electrons. The van der Waals surface area contributed by atoms with Gasteiger partial charge in [-0.2, -0.15) is 0 Å². The van der Waals surface area contributed by atoms with Gasteiger partial charge in [0.1, 0.15) is 28.0 Å². The van der Waals surface area contributed by atoms with Gasteiger partial charge in [-0.15, -0.1) is 11.3 Å². The van der Waals surface area contributed by atoms with E-state index in [4.69, 9.17) is 9.15 Å². The van der Waals surface area contributed by atoms with E-state index in [-0.39, 0.29) is 12.4 Å². The molecular weight excluding hydrogens is 416 g/mol. The number of para-hydroxylation sites is 1. The highest BCUT2D eigenvalue weighted by Crippen LogP contribution is 2.26. The van der Waals surface area contributed by atoms with Crippen molar-refractivity contribution in [2.45, 2.75) is 13.5 Å². The molecule has 9 heteroatoms. The fraction of sp³-hybridized carbons (Fsp3) is 0.0909. The lowest BCUT2D eigenvalue weighted by molar-refractivity contribution is 0.0830. The van der Waals surface area contributed by atoms with Gasteiger partial charge < -0.3 is 9.15 Å². The third-order valence-electron chi connectivity index (χ3n) is 4.19. The van der Waals surface area contributed by atoms with E-state index in [1.165, 1.54) is 17.4 Å². The normalized spacial score (nSPS) is 10.5. The number of furan rings is 1. The number of hydrogen-bond donors (Lipinski definition) is 2. The minimum atomic E-state index is -0.577. The Morgan fingerprint density at radius 3 is 2.55 bits per heavy atom. The molecule has 0 saturated carbocycles. The molecule has 4 rings (SSSR count). The van der Waals surface area contributed by atoms with E-state index in [0.717, 1.165) is 0 Å². The second-order valence-electron chi connectivity index (χ2n) is 6.42. The van der Waals surface area contributed by atoms with Crippen LogP contribution in [-0.4, -0.2) is 21.8 Å². The van der Waals surface area contributed by atoms with Crippen molar-refractivity contribution < 1.29 is 18.7 Å². The van der Waals surface area contributed by atoms with E-state index in [9.17, 15) is 9.59 Å². The van der Waals surface area contributed by atoms with E-state index in [0.29, 0.717) is 32.8 Å². The van der Waals surface area contributed by atoms with Crippen molar-refractivity contribution >= 4 is 23.2 Å². The van der Waals surface area contributed by atoms with Gasteiger partial charge in [-0.3, -0.25) is 25.4 Å². The number of hydrazine groups is 1. The minimum absolute atomic E-state index is 0.0576. The SMILES string of the molecule is Cc1nc(-c2ccccn2)sc1C(=O)NNC(=O)c1ccc(COc2ccccc2)o1. The largest absolute Gasteiger partial charge is 0.486 e. The number of amides is 2. The van der Waals surface area contributed by atoms with Crippen molar-refractivity contribution in [2.75, 3.05) is 0 Å². The Balaban J connectivity index is 1.33. The van der Waals surface area contributed by atoms with Crippen LogP contribution in [0.25, 0.3) is 10.7 Å². The lowest BCUT2D eigenvalue weighted by atomic mass is 10.3. The van der Waals surface area contributed by atoms with Crippen molar-refractivity contribution in [3.8, 4) is 16.5 Å². The zero-order valence-electron chi connectivity index (χ0n) is 16.5. The third-order valence-corrected chi connectivity index (χ3v) is 5.36. The summed E-state index contributed by atoms with van der Waals surface area (Å²) < 4.78 is 11.1. The molecule has 3 heterocycles. The zero-order valence-corrected chi connectivity index (χ0v) is 17.3. The standard InChI is InChI=1S/C22H18N4O4S/c1-14-19(31-22(24-14)17-9-5-6-12-23-17)21(28)26-25-20(27)18-11-10-16(30-18)13-29-15-7-3-2-4-8-15/h2-12H,13H2,1H3,(H,25,27)(H,26,28). The highest BCUT2D eigenvalue weighted by atomic mass is 32.1. The van der Waals surface area contributed by atoms with Crippen molar-refractivity contribution in [1.82, 2.24) is 20.8 Å². The van der Waals surface area contributed by atoms with Crippen LogP contribution in [0.15, 0.2) is 71.3 Å². The van der Waals surface area contributed by atoms with E-state index in [1.54, 1.807) is 25.3 Å². The first-order chi connectivity index (χ1) is 15.1. The number of benzene rings is 1. The van der Waals surface area contributed by atoms with Crippen LogP contribution in [-0.2, 0) is 6.61 Å². The summed E-state index contributed by atoms with van der Waals surface area (Å²) >= 11 is 1.20. The molecule has 1 aromatic carbocycles. The zero-order chi connectivity index (χ0) is 21.6. The Labute approximate surface area is 181 Å². The number of nitrogens with one attached hydrogen (secondary N) is 2. The summed E-state index contributed by atoms with van der Waals surface area (Å²) in [6.07, 6.45) is 1.66. The van der Waals surface area contributed by atoms with Gasteiger partial charge >= 0.3 is 5.91 Å². The van der Waals surface area contributed by atoms with Gasteiger partial charge in [-0.25, -0.2) is 4.98 Å². The number of carbonyl (C=O) groups is 2. The second-order valence-corrected chi connectivity index (χ2v) is 7.42. The third kappa shape index (κ3) is 4.96. The van der Waals surface area contributed by atoms with Gasteiger partial charge in [0, 0.05) is 6.20 Å². The Kier molecular flexibility index (Phi) is 6.04. The molecule has 0 saturated heterocycles. The van der Waals surface area contributed by atoms with Crippen LogP contribution in [0.5, 0.6) is 5.75 Å². The maximum absolute atomic E-state index is 12.5. The summed E-state index contributed by atoms with van der Waals surface area (Å²) in [4.78, 5) is 33.8. The monoisotopic (exact) mass is 434 g/mol. The average molecular weight is 434 g/mol. The molecule has 0 aliphatic carbocycles. The van der Waals surface area contributed by atoms with Crippen molar-refractivity contribution in [3.63, 3.8) is 0 Å². The number of nitrogens with zero attached hydrogens (tertiary/aromatic N) is 2. The lowest BCUT2D eigenvalue weighted by Gasteiger charge is -2.05. The van der Waals surface area contributed by atoms with E-state index in [1.807, 2.05) is 42.5 Å². The number of hydrogen-bond acceptors (Lipinski definition) is 7. The summed E-state index contributed by atoms with van der Waals surface area (Å²) in [5.41, 5.74) is 5.97. The average Bonchev–Trinajstić information content (AvgIpc) is 3.44.